The normalized spacial score (nSPS) is 10.7. The summed E-state index contributed by atoms with van der Waals surface area (Å²) in [5.74, 6) is -0.432. The van der Waals surface area contributed by atoms with Gasteiger partial charge in [0.1, 0.15) is 12.4 Å². The Morgan fingerprint density at radius 2 is 2.22 bits per heavy atom. The Hall–Kier alpha value is -2.18. The quantitative estimate of drug-likeness (QED) is 0.636. The van der Waals surface area contributed by atoms with Crippen LogP contribution in [0, 0.1) is 5.82 Å². The Balaban J connectivity index is 1.59. The van der Waals surface area contributed by atoms with Gasteiger partial charge in [-0.2, -0.15) is 0 Å². The van der Waals surface area contributed by atoms with E-state index in [0.717, 1.165) is 0 Å². The van der Waals surface area contributed by atoms with Crippen molar-refractivity contribution in [3.05, 3.63) is 64.1 Å². The highest BCUT2D eigenvalue weighted by molar-refractivity contribution is 7.13. The number of carbonyl (C=O) groups is 1. The lowest BCUT2D eigenvalue weighted by Crippen LogP contribution is -2.09. The molecule has 0 bridgehead atoms. The highest BCUT2D eigenvalue weighted by Crippen LogP contribution is 2.24. The largest absolute Gasteiger partial charge is 0.462 e. The number of nitrogens with zero attached hydrogens (tertiary/aromatic N) is 1. The van der Waals surface area contributed by atoms with E-state index in [9.17, 15) is 9.18 Å². The van der Waals surface area contributed by atoms with Crippen molar-refractivity contribution in [2.24, 2.45) is 0 Å². The molecule has 0 saturated heterocycles. The van der Waals surface area contributed by atoms with Gasteiger partial charge in [-0.1, -0.05) is 17.7 Å². The van der Waals surface area contributed by atoms with Gasteiger partial charge in [-0.25, -0.2) is 9.37 Å². The van der Waals surface area contributed by atoms with Crippen molar-refractivity contribution in [3.8, 4) is 10.8 Å². The fourth-order valence-electron chi connectivity index (χ4n) is 1.94. The standard InChI is InChI=1S/C16H11ClFNO3S/c17-12-3-1-4-13(18)11(12)7-15(20)22-8-10-9-23-16(19-10)14-5-2-6-21-14/h1-6,9H,7-8H2. The number of furan rings is 1. The molecular formula is C16H11ClFNO3S. The average molecular weight is 352 g/mol. The first kappa shape index (κ1) is 15.7. The maximum absolute atomic E-state index is 13.6. The molecule has 0 unspecified atom stereocenters. The molecule has 7 heteroatoms. The molecule has 0 amide bonds. The summed E-state index contributed by atoms with van der Waals surface area (Å²) in [6.45, 7) is 0.0160. The number of esters is 1. The van der Waals surface area contributed by atoms with Crippen molar-refractivity contribution in [3.63, 3.8) is 0 Å². The number of hydrogen-bond donors (Lipinski definition) is 0. The van der Waals surface area contributed by atoms with Crippen LogP contribution in [0.3, 0.4) is 0 Å². The third-order valence-corrected chi connectivity index (χ3v) is 4.31. The summed E-state index contributed by atoms with van der Waals surface area (Å²) < 4.78 is 24.0. The molecule has 0 aliphatic rings. The zero-order chi connectivity index (χ0) is 16.2. The Labute approximate surface area is 140 Å². The van der Waals surface area contributed by atoms with Crippen molar-refractivity contribution < 1.29 is 18.3 Å². The number of ether oxygens (including phenoxy) is 1. The molecule has 2 aromatic heterocycles. The van der Waals surface area contributed by atoms with Gasteiger partial charge in [0.05, 0.1) is 18.4 Å². The molecule has 0 N–H and O–H groups in total. The first-order chi connectivity index (χ1) is 11.1. The van der Waals surface area contributed by atoms with E-state index in [2.05, 4.69) is 4.98 Å². The van der Waals surface area contributed by atoms with Crippen LogP contribution in [-0.2, 0) is 22.6 Å². The lowest BCUT2D eigenvalue weighted by Gasteiger charge is -2.06. The monoisotopic (exact) mass is 351 g/mol. The van der Waals surface area contributed by atoms with Crippen molar-refractivity contribution >= 4 is 28.9 Å². The lowest BCUT2D eigenvalue weighted by atomic mass is 10.1. The first-order valence-electron chi connectivity index (χ1n) is 6.70. The molecule has 0 saturated carbocycles. The van der Waals surface area contributed by atoms with Gasteiger partial charge in [-0.05, 0) is 24.3 Å². The van der Waals surface area contributed by atoms with Crippen molar-refractivity contribution in [1.29, 1.82) is 0 Å². The van der Waals surface area contributed by atoms with E-state index >= 15 is 0 Å². The topological polar surface area (TPSA) is 52.3 Å². The Morgan fingerprint density at radius 3 is 2.96 bits per heavy atom. The van der Waals surface area contributed by atoms with Crippen LogP contribution in [0.5, 0.6) is 0 Å². The van der Waals surface area contributed by atoms with E-state index in [-0.39, 0.29) is 23.6 Å². The number of thiazole rings is 1. The molecule has 0 radical (unpaired) electrons. The van der Waals surface area contributed by atoms with Crippen molar-refractivity contribution in [2.45, 2.75) is 13.0 Å². The fourth-order valence-corrected chi connectivity index (χ4v) is 2.94. The summed E-state index contributed by atoms with van der Waals surface area (Å²) in [7, 11) is 0. The molecule has 1 aromatic carbocycles. The molecule has 0 aliphatic carbocycles. The predicted molar refractivity (Wildman–Crippen MR) is 84.7 cm³/mol. The van der Waals surface area contributed by atoms with E-state index in [1.807, 2.05) is 0 Å². The average Bonchev–Trinajstić information content (AvgIpc) is 3.19. The summed E-state index contributed by atoms with van der Waals surface area (Å²) >= 11 is 7.27. The minimum absolute atomic E-state index is 0.0160. The zero-order valence-corrected chi connectivity index (χ0v) is 13.4. The minimum Gasteiger partial charge on any atom is -0.462 e. The second kappa shape index (κ2) is 6.93. The smallest absolute Gasteiger partial charge is 0.310 e. The molecule has 118 valence electrons. The number of rotatable bonds is 5. The van der Waals surface area contributed by atoms with Gasteiger partial charge in [0, 0.05) is 16.0 Å². The van der Waals surface area contributed by atoms with Gasteiger partial charge in [0.2, 0.25) is 0 Å². The number of halogens is 2. The first-order valence-corrected chi connectivity index (χ1v) is 7.96. The third-order valence-electron chi connectivity index (χ3n) is 3.05. The summed E-state index contributed by atoms with van der Waals surface area (Å²) in [5.41, 5.74) is 0.739. The maximum atomic E-state index is 13.6. The van der Waals surface area contributed by atoms with E-state index < -0.39 is 11.8 Å². The molecule has 3 rings (SSSR count). The van der Waals surface area contributed by atoms with Crippen LogP contribution in [0.2, 0.25) is 5.02 Å². The molecule has 3 aromatic rings. The molecular weight excluding hydrogens is 341 g/mol. The molecule has 0 atom stereocenters. The van der Waals surface area contributed by atoms with Crippen molar-refractivity contribution in [1.82, 2.24) is 4.98 Å². The second-order valence-corrected chi connectivity index (χ2v) is 5.92. The second-order valence-electron chi connectivity index (χ2n) is 4.66. The summed E-state index contributed by atoms with van der Waals surface area (Å²) in [6, 6.07) is 7.84. The summed E-state index contributed by atoms with van der Waals surface area (Å²) in [6.07, 6.45) is 1.34. The highest BCUT2D eigenvalue weighted by atomic mass is 35.5. The van der Waals surface area contributed by atoms with E-state index in [4.69, 9.17) is 20.8 Å². The molecule has 23 heavy (non-hydrogen) atoms. The van der Waals surface area contributed by atoms with Gasteiger partial charge >= 0.3 is 5.97 Å². The van der Waals surface area contributed by atoms with E-state index in [0.29, 0.717) is 16.5 Å². The molecule has 2 heterocycles. The van der Waals surface area contributed by atoms with E-state index in [1.54, 1.807) is 23.8 Å². The number of aromatic nitrogens is 1. The number of carbonyl (C=O) groups excluding carboxylic acids is 1. The zero-order valence-electron chi connectivity index (χ0n) is 11.8. The number of benzene rings is 1. The van der Waals surface area contributed by atoms with Crippen LogP contribution in [0.15, 0.2) is 46.4 Å². The van der Waals surface area contributed by atoms with Gasteiger partial charge in [0.15, 0.2) is 10.8 Å². The molecule has 0 spiro atoms. The minimum atomic E-state index is -0.565. The van der Waals surface area contributed by atoms with Gasteiger partial charge in [-0.15, -0.1) is 11.3 Å². The lowest BCUT2D eigenvalue weighted by molar-refractivity contribution is -0.144. The van der Waals surface area contributed by atoms with Crippen molar-refractivity contribution in [2.75, 3.05) is 0 Å². The molecule has 0 fully saturated rings. The SMILES string of the molecule is O=C(Cc1c(F)cccc1Cl)OCc1csc(-c2ccco2)n1. The van der Waals surface area contributed by atoms with Crippen LogP contribution in [0.1, 0.15) is 11.3 Å². The predicted octanol–water partition coefficient (Wildman–Crippen LogP) is 4.48. The van der Waals surface area contributed by atoms with Gasteiger partial charge in [0.25, 0.3) is 0 Å². The molecule has 4 nitrogen and oxygen atoms in total. The Morgan fingerprint density at radius 1 is 1.35 bits per heavy atom. The van der Waals surface area contributed by atoms with Crippen LogP contribution in [0.25, 0.3) is 10.8 Å². The van der Waals surface area contributed by atoms with Crippen LogP contribution >= 0.6 is 22.9 Å². The number of hydrogen-bond acceptors (Lipinski definition) is 5. The molecule has 0 aliphatic heterocycles. The van der Waals surface area contributed by atoms with Crippen LogP contribution in [0.4, 0.5) is 4.39 Å². The van der Waals surface area contributed by atoms with Crippen LogP contribution < -0.4 is 0 Å². The Kier molecular flexibility index (Phi) is 4.73. The Bertz CT molecular complexity index is 796. The maximum Gasteiger partial charge on any atom is 0.310 e. The van der Waals surface area contributed by atoms with Crippen LogP contribution in [-0.4, -0.2) is 11.0 Å². The van der Waals surface area contributed by atoms with Gasteiger partial charge < -0.3 is 9.15 Å². The fraction of sp³-hybridized carbons (Fsp3) is 0.125. The third kappa shape index (κ3) is 3.78. The van der Waals surface area contributed by atoms with E-state index in [1.165, 1.54) is 29.5 Å². The van der Waals surface area contributed by atoms with Gasteiger partial charge in [-0.3, -0.25) is 4.79 Å². The summed E-state index contributed by atoms with van der Waals surface area (Å²) in [4.78, 5) is 16.1. The highest BCUT2D eigenvalue weighted by Gasteiger charge is 2.14. The summed E-state index contributed by atoms with van der Waals surface area (Å²) in [5, 5.41) is 2.69.